The van der Waals surface area contributed by atoms with Crippen molar-refractivity contribution in [1.82, 2.24) is 0 Å². The van der Waals surface area contributed by atoms with E-state index in [0.717, 1.165) is 18.4 Å². The Hall–Kier alpha value is -0.820. The molecular formula is C11H11ClO. The van der Waals surface area contributed by atoms with Crippen LogP contribution in [-0.2, 0) is 4.79 Å². The van der Waals surface area contributed by atoms with Gasteiger partial charge in [0, 0.05) is 5.92 Å². The van der Waals surface area contributed by atoms with Crippen LogP contribution in [0.15, 0.2) is 30.3 Å². The Morgan fingerprint density at radius 2 is 1.92 bits per heavy atom. The third kappa shape index (κ3) is 1.92. The number of hydrogen-bond donors (Lipinski definition) is 0. The average Bonchev–Trinajstić information content (AvgIpc) is 3.00. The molecule has 2 heteroatoms. The monoisotopic (exact) mass is 194 g/mol. The Kier molecular flexibility index (Phi) is 2.36. The summed E-state index contributed by atoms with van der Waals surface area (Å²) in [5.41, 5.74) is 0.918. The summed E-state index contributed by atoms with van der Waals surface area (Å²) in [6.45, 7) is 0. The minimum Gasteiger partial charge on any atom is -0.297 e. The number of carbonyl (C=O) groups is 1. The lowest BCUT2D eigenvalue weighted by molar-refractivity contribution is -0.120. The van der Waals surface area contributed by atoms with Gasteiger partial charge in [-0.2, -0.15) is 0 Å². The molecule has 0 spiro atoms. The molecule has 0 bridgehead atoms. The van der Waals surface area contributed by atoms with Gasteiger partial charge in [-0.25, -0.2) is 0 Å². The van der Waals surface area contributed by atoms with E-state index in [-0.39, 0.29) is 11.7 Å². The molecule has 1 atom stereocenters. The van der Waals surface area contributed by atoms with E-state index in [2.05, 4.69) is 0 Å². The SMILES string of the molecule is O=C(C1CC1)[C@@H](Cl)c1ccccc1. The summed E-state index contributed by atoms with van der Waals surface area (Å²) < 4.78 is 0. The van der Waals surface area contributed by atoms with E-state index in [9.17, 15) is 4.79 Å². The lowest BCUT2D eigenvalue weighted by atomic mass is 10.1. The maximum Gasteiger partial charge on any atom is 0.158 e. The minimum absolute atomic E-state index is 0.188. The van der Waals surface area contributed by atoms with Crippen LogP contribution in [0.1, 0.15) is 23.8 Å². The lowest BCUT2D eigenvalue weighted by Crippen LogP contribution is -2.08. The van der Waals surface area contributed by atoms with Crippen LogP contribution in [0.3, 0.4) is 0 Å². The van der Waals surface area contributed by atoms with Gasteiger partial charge < -0.3 is 0 Å². The first kappa shape index (κ1) is 8.76. The number of benzene rings is 1. The molecule has 1 aromatic rings. The fourth-order valence-corrected chi connectivity index (χ4v) is 1.68. The molecule has 0 radical (unpaired) electrons. The summed E-state index contributed by atoms with van der Waals surface area (Å²) >= 11 is 6.04. The van der Waals surface area contributed by atoms with Gasteiger partial charge >= 0.3 is 0 Å². The number of carbonyl (C=O) groups excluding carboxylic acids is 1. The second kappa shape index (κ2) is 3.51. The van der Waals surface area contributed by atoms with E-state index in [4.69, 9.17) is 11.6 Å². The first-order chi connectivity index (χ1) is 6.29. The van der Waals surface area contributed by atoms with Crippen LogP contribution in [0.25, 0.3) is 0 Å². The molecule has 0 unspecified atom stereocenters. The summed E-state index contributed by atoms with van der Waals surface area (Å²) in [5.74, 6) is 0.426. The summed E-state index contributed by atoms with van der Waals surface area (Å²) in [4.78, 5) is 11.6. The highest BCUT2D eigenvalue weighted by Crippen LogP contribution is 2.37. The predicted octanol–water partition coefficient (Wildman–Crippen LogP) is 2.95. The Morgan fingerprint density at radius 1 is 1.31 bits per heavy atom. The van der Waals surface area contributed by atoms with Crippen molar-refractivity contribution in [2.24, 2.45) is 5.92 Å². The first-order valence-corrected chi connectivity index (χ1v) is 4.95. The molecule has 1 saturated carbocycles. The zero-order valence-electron chi connectivity index (χ0n) is 7.24. The molecule has 13 heavy (non-hydrogen) atoms. The van der Waals surface area contributed by atoms with Crippen LogP contribution in [0, 0.1) is 5.92 Å². The molecule has 0 saturated heterocycles. The zero-order chi connectivity index (χ0) is 9.26. The largest absolute Gasteiger partial charge is 0.297 e. The van der Waals surface area contributed by atoms with Crippen LogP contribution in [0.2, 0.25) is 0 Å². The second-order valence-electron chi connectivity index (χ2n) is 3.45. The van der Waals surface area contributed by atoms with Gasteiger partial charge in [-0.05, 0) is 18.4 Å². The van der Waals surface area contributed by atoms with Gasteiger partial charge in [0.25, 0.3) is 0 Å². The highest BCUT2D eigenvalue weighted by atomic mass is 35.5. The molecule has 1 aliphatic rings. The van der Waals surface area contributed by atoms with Crippen molar-refractivity contribution in [1.29, 1.82) is 0 Å². The van der Waals surface area contributed by atoms with Crippen molar-refractivity contribution in [3.8, 4) is 0 Å². The molecular weight excluding hydrogens is 184 g/mol. The van der Waals surface area contributed by atoms with E-state index in [1.165, 1.54) is 0 Å². The quantitative estimate of drug-likeness (QED) is 0.677. The van der Waals surface area contributed by atoms with E-state index < -0.39 is 5.38 Å². The fraction of sp³-hybridized carbons (Fsp3) is 0.364. The minimum atomic E-state index is -0.436. The van der Waals surface area contributed by atoms with Gasteiger partial charge in [0.2, 0.25) is 0 Å². The Labute approximate surface area is 82.7 Å². The van der Waals surface area contributed by atoms with Crippen molar-refractivity contribution < 1.29 is 4.79 Å². The summed E-state index contributed by atoms with van der Waals surface area (Å²) in [6, 6.07) is 9.54. The highest BCUT2D eigenvalue weighted by Gasteiger charge is 2.34. The number of hydrogen-bond acceptors (Lipinski definition) is 1. The van der Waals surface area contributed by atoms with Crippen molar-refractivity contribution >= 4 is 17.4 Å². The first-order valence-electron chi connectivity index (χ1n) is 4.52. The van der Waals surface area contributed by atoms with Gasteiger partial charge in [0.05, 0.1) is 0 Å². The number of Topliss-reactive ketones (excluding diaryl/α,β-unsaturated/α-hetero) is 1. The summed E-state index contributed by atoms with van der Waals surface area (Å²) in [7, 11) is 0. The zero-order valence-corrected chi connectivity index (χ0v) is 8.00. The van der Waals surface area contributed by atoms with E-state index >= 15 is 0 Å². The average molecular weight is 195 g/mol. The van der Waals surface area contributed by atoms with Crippen LogP contribution in [-0.4, -0.2) is 5.78 Å². The molecule has 0 aliphatic heterocycles. The highest BCUT2D eigenvalue weighted by molar-refractivity contribution is 6.31. The van der Waals surface area contributed by atoms with E-state index in [1.54, 1.807) is 0 Å². The third-order valence-corrected chi connectivity index (χ3v) is 2.79. The Balaban J connectivity index is 2.12. The lowest BCUT2D eigenvalue weighted by Gasteiger charge is -2.06. The molecule has 0 N–H and O–H groups in total. The summed E-state index contributed by atoms with van der Waals surface area (Å²) in [6.07, 6.45) is 2.05. The van der Waals surface area contributed by atoms with E-state index in [1.807, 2.05) is 30.3 Å². The standard InChI is InChI=1S/C11H11ClO/c12-10(11(13)9-6-7-9)8-4-2-1-3-5-8/h1-5,9-10H,6-7H2/t10-/m0/s1. The smallest absolute Gasteiger partial charge is 0.158 e. The Morgan fingerprint density at radius 3 is 2.46 bits per heavy atom. The van der Waals surface area contributed by atoms with Gasteiger partial charge in [-0.15, -0.1) is 11.6 Å². The fourth-order valence-electron chi connectivity index (χ4n) is 1.36. The van der Waals surface area contributed by atoms with Crippen LogP contribution in [0.5, 0.6) is 0 Å². The molecule has 1 aliphatic carbocycles. The maximum absolute atomic E-state index is 11.6. The molecule has 0 aromatic heterocycles. The molecule has 1 nitrogen and oxygen atoms in total. The number of ketones is 1. The van der Waals surface area contributed by atoms with E-state index in [0.29, 0.717) is 0 Å². The maximum atomic E-state index is 11.6. The van der Waals surface area contributed by atoms with Gasteiger partial charge in [-0.1, -0.05) is 30.3 Å². The number of alkyl halides is 1. The second-order valence-corrected chi connectivity index (χ2v) is 3.89. The Bertz CT molecular complexity index is 303. The normalized spacial score (nSPS) is 18.2. The molecule has 2 rings (SSSR count). The number of rotatable bonds is 3. The topological polar surface area (TPSA) is 17.1 Å². The van der Waals surface area contributed by atoms with Gasteiger partial charge in [0.15, 0.2) is 5.78 Å². The molecule has 0 heterocycles. The van der Waals surface area contributed by atoms with Crippen LogP contribution in [0.4, 0.5) is 0 Å². The number of halogens is 1. The molecule has 1 fully saturated rings. The van der Waals surface area contributed by atoms with Crippen molar-refractivity contribution in [2.75, 3.05) is 0 Å². The molecule has 1 aromatic carbocycles. The van der Waals surface area contributed by atoms with Crippen LogP contribution < -0.4 is 0 Å². The third-order valence-electron chi connectivity index (χ3n) is 2.32. The summed E-state index contributed by atoms with van der Waals surface area (Å²) in [5, 5.41) is -0.436. The van der Waals surface area contributed by atoms with Crippen LogP contribution >= 0.6 is 11.6 Å². The van der Waals surface area contributed by atoms with Crippen molar-refractivity contribution in [3.63, 3.8) is 0 Å². The predicted molar refractivity (Wildman–Crippen MR) is 52.8 cm³/mol. The van der Waals surface area contributed by atoms with Crippen molar-refractivity contribution in [2.45, 2.75) is 18.2 Å². The molecule has 0 amide bonds. The molecule has 68 valence electrons. The van der Waals surface area contributed by atoms with Gasteiger partial charge in [0.1, 0.15) is 5.38 Å². The van der Waals surface area contributed by atoms with Gasteiger partial charge in [-0.3, -0.25) is 4.79 Å². The van der Waals surface area contributed by atoms with Crippen molar-refractivity contribution in [3.05, 3.63) is 35.9 Å².